The van der Waals surface area contributed by atoms with Crippen molar-refractivity contribution in [3.63, 3.8) is 0 Å². The molecule has 0 radical (unpaired) electrons. The summed E-state index contributed by atoms with van der Waals surface area (Å²) in [7, 11) is 1.28. The number of rotatable bonds is 60. The van der Waals surface area contributed by atoms with Gasteiger partial charge < -0.3 is 28.8 Å². The largest absolute Gasteiger partial charge is 0.756 e. The predicted molar refractivity (Wildman–Crippen MR) is 316 cm³/mol. The minimum atomic E-state index is -4.60. The summed E-state index contributed by atoms with van der Waals surface area (Å²) in [5, 5.41) is 13.9. The molecule has 0 fully saturated rings. The first-order valence-electron chi connectivity index (χ1n) is 32.2. The molecule has 8 nitrogen and oxygen atoms in total. The summed E-state index contributed by atoms with van der Waals surface area (Å²) in [5.74, 6) is -0.192. The van der Waals surface area contributed by atoms with Crippen LogP contribution in [0.2, 0.25) is 0 Å². The summed E-state index contributed by atoms with van der Waals surface area (Å²) in [6, 6.07) is -0.886. The predicted octanol–water partition coefficient (Wildman–Crippen LogP) is 19.3. The van der Waals surface area contributed by atoms with E-state index in [0.29, 0.717) is 17.4 Å². The standard InChI is InChI=1S/C64H127N2O6P/c1-6-8-10-12-14-16-18-20-22-24-26-28-30-31-32-33-34-36-37-39-41-43-45-47-49-51-53-55-57-63(67)62(61-72-73(69,70)71-60-59-66(3,4)5)65-64(68)58-56-54-52-50-48-46-44-42-40-38-35-29-27-25-23-21-19-17-15-13-11-9-7-2/h25,27,55,57,62-63,67H,6-24,26,28-54,56,58-61H2,1-5H3,(H-,65,68,69,70)/b27-25-,57-55+. The summed E-state index contributed by atoms with van der Waals surface area (Å²) >= 11 is 0. The molecule has 0 aromatic carbocycles. The summed E-state index contributed by atoms with van der Waals surface area (Å²) in [4.78, 5) is 25.6. The van der Waals surface area contributed by atoms with Gasteiger partial charge in [0.05, 0.1) is 39.9 Å². The van der Waals surface area contributed by atoms with Crippen molar-refractivity contribution in [3.05, 3.63) is 24.3 Å². The van der Waals surface area contributed by atoms with E-state index in [9.17, 15) is 19.4 Å². The number of phosphoric acid groups is 1. The number of aliphatic hydroxyl groups is 1. The van der Waals surface area contributed by atoms with Crippen LogP contribution in [-0.4, -0.2) is 68.5 Å². The number of hydrogen-bond acceptors (Lipinski definition) is 6. The fourth-order valence-corrected chi connectivity index (χ4v) is 10.6. The van der Waals surface area contributed by atoms with Gasteiger partial charge in [-0.05, 0) is 44.9 Å². The lowest BCUT2D eigenvalue weighted by molar-refractivity contribution is -0.870. The number of allylic oxidation sites excluding steroid dienone is 3. The Hall–Kier alpha value is -1.02. The Morgan fingerprint density at radius 1 is 0.466 bits per heavy atom. The quantitative estimate of drug-likeness (QED) is 0.0272. The van der Waals surface area contributed by atoms with Gasteiger partial charge in [-0.3, -0.25) is 9.36 Å². The number of amides is 1. The molecular weight excluding hydrogens is 924 g/mol. The van der Waals surface area contributed by atoms with Crippen LogP contribution in [0.25, 0.3) is 0 Å². The van der Waals surface area contributed by atoms with Crippen LogP contribution in [0.4, 0.5) is 0 Å². The first kappa shape index (κ1) is 72.0. The van der Waals surface area contributed by atoms with Crippen LogP contribution in [0, 0.1) is 0 Å². The highest BCUT2D eigenvalue weighted by Crippen LogP contribution is 2.38. The van der Waals surface area contributed by atoms with E-state index in [4.69, 9.17) is 9.05 Å². The van der Waals surface area contributed by atoms with Gasteiger partial charge in [0, 0.05) is 6.42 Å². The van der Waals surface area contributed by atoms with E-state index in [0.717, 1.165) is 38.5 Å². The van der Waals surface area contributed by atoms with E-state index in [2.05, 4.69) is 31.3 Å². The second-order valence-electron chi connectivity index (χ2n) is 23.5. The van der Waals surface area contributed by atoms with Crippen LogP contribution in [0.5, 0.6) is 0 Å². The first-order chi connectivity index (χ1) is 35.5. The lowest BCUT2D eigenvalue weighted by Gasteiger charge is -2.29. The molecule has 9 heteroatoms. The number of aliphatic hydroxyl groups excluding tert-OH is 1. The first-order valence-corrected chi connectivity index (χ1v) is 33.7. The maximum absolute atomic E-state index is 13.0. The molecular formula is C64H127N2O6P. The Labute approximate surface area is 455 Å². The number of hydrogen-bond donors (Lipinski definition) is 2. The van der Waals surface area contributed by atoms with Crippen LogP contribution < -0.4 is 10.2 Å². The average molecular weight is 1050 g/mol. The summed E-state index contributed by atoms with van der Waals surface area (Å²) in [6.07, 6.45) is 71.3. The number of unbranched alkanes of at least 4 members (excludes halogenated alkanes) is 45. The fourth-order valence-electron chi connectivity index (χ4n) is 9.86. The maximum atomic E-state index is 13.0. The molecule has 0 saturated heterocycles. The van der Waals surface area contributed by atoms with Crippen LogP contribution in [0.15, 0.2) is 24.3 Å². The van der Waals surface area contributed by atoms with Gasteiger partial charge in [-0.2, -0.15) is 0 Å². The molecule has 0 aromatic heterocycles. The van der Waals surface area contributed by atoms with Gasteiger partial charge in [-0.15, -0.1) is 0 Å². The monoisotopic (exact) mass is 1050 g/mol. The molecule has 3 unspecified atom stereocenters. The molecule has 434 valence electrons. The van der Waals surface area contributed by atoms with Crippen LogP contribution in [0.3, 0.4) is 0 Å². The van der Waals surface area contributed by atoms with Gasteiger partial charge in [-0.1, -0.05) is 301 Å². The lowest BCUT2D eigenvalue weighted by atomic mass is 10.0. The van der Waals surface area contributed by atoms with E-state index in [1.165, 1.54) is 270 Å². The zero-order valence-corrected chi connectivity index (χ0v) is 50.5. The molecule has 0 bridgehead atoms. The highest BCUT2D eigenvalue weighted by Gasteiger charge is 2.23. The molecule has 0 aromatic rings. The molecule has 0 aliphatic rings. The second kappa shape index (κ2) is 55.7. The van der Waals surface area contributed by atoms with Gasteiger partial charge in [0.1, 0.15) is 13.2 Å². The maximum Gasteiger partial charge on any atom is 0.268 e. The zero-order valence-electron chi connectivity index (χ0n) is 49.6. The smallest absolute Gasteiger partial charge is 0.268 e. The van der Waals surface area contributed by atoms with E-state index >= 15 is 0 Å². The molecule has 73 heavy (non-hydrogen) atoms. The van der Waals surface area contributed by atoms with Crippen molar-refractivity contribution in [1.82, 2.24) is 5.32 Å². The number of nitrogens with one attached hydrogen (secondary N) is 1. The molecule has 0 spiro atoms. The molecule has 0 rings (SSSR count). The van der Waals surface area contributed by atoms with Gasteiger partial charge in [0.25, 0.3) is 7.82 Å². The van der Waals surface area contributed by atoms with Crippen LogP contribution in [-0.2, 0) is 18.4 Å². The second-order valence-corrected chi connectivity index (χ2v) is 24.9. The fraction of sp³-hybridized carbons (Fsp3) is 0.922. The van der Waals surface area contributed by atoms with Crippen molar-refractivity contribution in [2.24, 2.45) is 0 Å². The average Bonchev–Trinajstić information content (AvgIpc) is 3.35. The van der Waals surface area contributed by atoms with E-state index in [1.54, 1.807) is 6.08 Å². The third-order valence-electron chi connectivity index (χ3n) is 14.9. The van der Waals surface area contributed by atoms with Crippen molar-refractivity contribution in [1.29, 1.82) is 0 Å². The van der Waals surface area contributed by atoms with Crippen molar-refractivity contribution < 1.29 is 32.9 Å². The minimum Gasteiger partial charge on any atom is -0.756 e. The third-order valence-corrected chi connectivity index (χ3v) is 15.9. The molecule has 0 heterocycles. The zero-order chi connectivity index (χ0) is 53.5. The Morgan fingerprint density at radius 2 is 0.753 bits per heavy atom. The van der Waals surface area contributed by atoms with Gasteiger partial charge in [-0.25, -0.2) is 0 Å². The number of likely N-dealkylation sites (N-methyl/N-ethyl adjacent to an activating group) is 1. The van der Waals surface area contributed by atoms with Crippen molar-refractivity contribution in [2.75, 3.05) is 40.9 Å². The van der Waals surface area contributed by atoms with Crippen LogP contribution in [0.1, 0.15) is 328 Å². The van der Waals surface area contributed by atoms with Gasteiger partial charge >= 0.3 is 0 Å². The molecule has 0 saturated carbocycles. The van der Waals surface area contributed by atoms with Crippen molar-refractivity contribution >= 4 is 13.7 Å². The topological polar surface area (TPSA) is 108 Å². The van der Waals surface area contributed by atoms with Gasteiger partial charge in [0.15, 0.2) is 0 Å². The van der Waals surface area contributed by atoms with E-state index in [1.807, 2.05) is 27.2 Å². The van der Waals surface area contributed by atoms with E-state index < -0.39 is 20.0 Å². The Balaban J connectivity index is 4.11. The summed E-state index contributed by atoms with van der Waals surface area (Å²) in [5.41, 5.74) is 0. The number of quaternary nitrogens is 1. The number of phosphoric ester groups is 1. The SMILES string of the molecule is CCCCCCCCCC/C=C\CCCCCCCCCCCCCC(=O)NC(COP(=O)([O-])OCC[N+](C)(C)C)C(O)/C=C/CCCCCCCCCCCCCCCCCCCCCCCCCCCC. The van der Waals surface area contributed by atoms with Crippen molar-refractivity contribution in [2.45, 2.75) is 341 Å². The summed E-state index contributed by atoms with van der Waals surface area (Å²) < 4.78 is 23.4. The van der Waals surface area contributed by atoms with Gasteiger partial charge in [0.2, 0.25) is 5.91 Å². The highest BCUT2D eigenvalue weighted by molar-refractivity contribution is 7.45. The molecule has 0 aliphatic heterocycles. The molecule has 3 atom stereocenters. The minimum absolute atomic E-state index is 0.000927. The Kier molecular flexibility index (Phi) is 54.9. The van der Waals surface area contributed by atoms with Crippen molar-refractivity contribution in [3.8, 4) is 0 Å². The van der Waals surface area contributed by atoms with E-state index in [-0.39, 0.29) is 19.1 Å². The molecule has 0 aliphatic carbocycles. The number of carbonyl (C=O) groups excluding carboxylic acids is 1. The lowest BCUT2D eigenvalue weighted by Crippen LogP contribution is -2.45. The highest BCUT2D eigenvalue weighted by atomic mass is 31.2. The molecule has 2 N–H and O–H groups in total. The third kappa shape index (κ3) is 58.5. The molecule has 1 amide bonds. The number of carbonyl (C=O) groups is 1. The number of nitrogens with zero attached hydrogens (tertiary/aromatic N) is 1. The van der Waals surface area contributed by atoms with Crippen LogP contribution >= 0.6 is 7.82 Å². The Bertz CT molecular complexity index is 1240. The normalized spacial score (nSPS) is 13.9. The Morgan fingerprint density at radius 3 is 1.07 bits per heavy atom. The summed E-state index contributed by atoms with van der Waals surface area (Å²) in [6.45, 7) is 4.70.